The van der Waals surface area contributed by atoms with Gasteiger partial charge in [-0.3, -0.25) is 14.2 Å². The summed E-state index contributed by atoms with van der Waals surface area (Å²) in [6, 6.07) is 8.73. The van der Waals surface area contributed by atoms with Crippen molar-refractivity contribution < 1.29 is 4.79 Å². The fourth-order valence-electron chi connectivity index (χ4n) is 2.84. The number of carbonyl (C=O) groups excluding carboxylic acids is 1. The number of carbonyl (C=O) groups is 1. The average molecular weight is 360 g/mol. The van der Waals surface area contributed by atoms with Crippen LogP contribution in [0.3, 0.4) is 0 Å². The predicted molar refractivity (Wildman–Crippen MR) is 95.2 cm³/mol. The lowest BCUT2D eigenvalue weighted by Crippen LogP contribution is -2.33. The third kappa shape index (κ3) is 2.60. The van der Waals surface area contributed by atoms with Crippen molar-refractivity contribution in [3.8, 4) is 6.07 Å². The van der Waals surface area contributed by atoms with Crippen molar-refractivity contribution in [2.75, 3.05) is 18.1 Å². The van der Waals surface area contributed by atoms with Gasteiger partial charge in [0.1, 0.15) is 17.5 Å². The SMILES string of the molecule is CSc1c(C(=O)c2ccccc2Cl)c2n(c(=O)c1C#N)CCCN2. The van der Waals surface area contributed by atoms with E-state index in [1.54, 1.807) is 30.5 Å². The van der Waals surface area contributed by atoms with Gasteiger partial charge in [0.25, 0.3) is 5.56 Å². The number of fused-ring (bicyclic) bond motifs is 1. The van der Waals surface area contributed by atoms with E-state index in [1.165, 1.54) is 16.3 Å². The van der Waals surface area contributed by atoms with Gasteiger partial charge in [-0.15, -0.1) is 11.8 Å². The van der Waals surface area contributed by atoms with Gasteiger partial charge in [-0.1, -0.05) is 23.7 Å². The number of hydrogen-bond donors (Lipinski definition) is 1. The highest BCUT2D eigenvalue weighted by Gasteiger charge is 2.28. The molecule has 3 rings (SSSR count). The lowest BCUT2D eigenvalue weighted by molar-refractivity contribution is 0.103. The molecule has 2 heterocycles. The summed E-state index contributed by atoms with van der Waals surface area (Å²) < 4.78 is 1.48. The van der Waals surface area contributed by atoms with Gasteiger partial charge in [-0.25, -0.2) is 0 Å². The summed E-state index contributed by atoms with van der Waals surface area (Å²) in [6.45, 7) is 1.15. The molecular formula is C17H14ClN3O2S. The molecule has 0 amide bonds. The Balaban J connectivity index is 2.35. The minimum atomic E-state index is -0.361. The number of benzene rings is 1. The highest BCUT2D eigenvalue weighted by Crippen LogP contribution is 2.33. The van der Waals surface area contributed by atoms with Gasteiger partial charge >= 0.3 is 0 Å². The molecule has 5 nitrogen and oxygen atoms in total. The second kappa shape index (κ2) is 6.71. The van der Waals surface area contributed by atoms with Crippen LogP contribution in [0.4, 0.5) is 5.82 Å². The smallest absolute Gasteiger partial charge is 0.271 e. The molecule has 122 valence electrons. The minimum Gasteiger partial charge on any atom is -0.371 e. The molecule has 0 saturated carbocycles. The van der Waals surface area contributed by atoms with Gasteiger partial charge in [0.05, 0.1) is 10.6 Å². The van der Waals surface area contributed by atoms with Gasteiger partial charge < -0.3 is 5.32 Å². The number of nitrogens with zero attached hydrogens (tertiary/aromatic N) is 2. The topological polar surface area (TPSA) is 74.9 Å². The predicted octanol–water partition coefficient (Wildman–Crippen LogP) is 3.14. The van der Waals surface area contributed by atoms with Crippen LogP contribution in [0.2, 0.25) is 5.02 Å². The van der Waals surface area contributed by atoms with E-state index in [1.807, 2.05) is 6.07 Å². The third-order valence-corrected chi connectivity index (χ3v) is 5.08. The lowest BCUT2D eigenvalue weighted by atomic mass is 10.0. The highest BCUT2D eigenvalue weighted by atomic mass is 35.5. The number of anilines is 1. The standard InChI is InChI=1S/C17H14ClN3O2S/c1-24-15-11(9-19)17(23)21-8-4-7-20-16(21)13(15)14(22)10-5-2-3-6-12(10)18/h2-3,5-6,20H,4,7-8H2,1H3. The number of ketones is 1. The van der Waals surface area contributed by atoms with E-state index in [-0.39, 0.29) is 16.9 Å². The van der Waals surface area contributed by atoms with Gasteiger partial charge in [0.2, 0.25) is 0 Å². The molecule has 0 radical (unpaired) electrons. The quantitative estimate of drug-likeness (QED) is 0.673. The monoisotopic (exact) mass is 359 g/mol. The Hall–Kier alpha value is -2.23. The molecule has 0 atom stereocenters. The lowest BCUT2D eigenvalue weighted by Gasteiger charge is -2.25. The summed E-state index contributed by atoms with van der Waals surface area (Å²) >= 11 is 7.39. The second-order valence-electron chi connectivity index (χ2n) is 5.29. The molecule has 0 bridgehead atoms. The van der Waals surface area contributed by atoms with Crippen molar-refractivity contribution in [1.29, 1.82) is 5.26 Å². The van der Waals surface area contributed by atoms with E-state index in [9.17, 15) is 14.9 Å². The first-order valence-corrected chi connectivity index (χ1v) is 8.98. The Labute approximate surface area is 148 Å². The van der Waals surface area contributed by atoms with Crippen LogP contribution < -0.4 is 10.9 Å². The van der Waals surface area contributed by atoms with Crippen molar-refractivity contribution in [2.24, 2.45) is 0 Å². The zero-order chi connectivity index (χ0) is 17.3. The minimum absolute atomic E-state index is 0.00496. The maximum absolute atomic E-state index is 13.1. The molecule has 1 aromatic carbocycles. The first-order valence-electron chi connectivity index (χ1n) is 7.38. The van der Waals surface area contributed by atoms with E-state index in [4.69, 9.17) is 11.6 Å². The Morgan fingerprint density at radius 2 is 2.17 bits per heavy atom. The van der Waals surface area contributed by atoms with Crippen molar-refractivity contribution in [2.45, 2.75) is 17.9 Å². The van der Waals surface area contributed by atoms with Crippen LogP contribution >= 0.6 is 23.4 Å². The number of rotatable bonds is 3. The maximum atomic E-state index is 13.1. The fraction of sp³-hybridized carbons (Fsp3) is 0.235. The molecule has 0 aliphatic carbocycles. The van der Waals surface area contributed by atoms with E-state index < -0.39 is 0 Å². The number of nitrogens with one attached hydrogen (secondary N) is 1. The summed E-state index contributed by atoms with van der Waals surface area (Å²) in [4.78, 5) is 26.1. The summed E-state index contributed by atoms with van der Waals surface area (Å²) in [6.07, 6.45) is 2.51. The molecular weight excluding hydrogens is 346 g/mol. The molecule has 1 N–H and O–H groups in total. The number of nitriles is 1. The molecule has 0 saturated heterocycles. The largest absolute Gasteiger partial charge is 0.371 e. The van der Waals surface area contributed by atoms with Crippen molar-refractivity contribution >= 4 is 35.0 Å². The molecule has 7 heteroatoms. The molecule has 0 spiro atoms. The number of aromatic nitrogens is 1. The van der Waals surface area contributed by atoms with Crippen LogP contribution in [0.15, 0.2) is 34.0 Å². The summed E-state index contributed by atoms with van der Waals surface area (Å²) in [5.74, 6) is 0.180. The Morgan fingerprint density at radius 3 is 2.83 bits per heavy atom. The van der Waals surface area contributed by atoms with Crippen LogP contribution in [-0.2, 0) is 6.54 Å². The number of hydrogen-bond acceptors (Lipinski definition) is 5. The normalized spacial score (nSPS) is 12.9. The summed E-state index contributed by atoms with van der Waals surface area (Å²) in [5, 5.41) is 12.9. The van der Waals surface area contributed by atoms with E-state index in [2.05, 4.69) is 5.32 Å². The van der Waals surface area contributed by atoms with Gasteiger partial charge in [0, 0.05) is 23.5 Å². The van der Waals surface area contributed by atoms with E-state index >= 15 is 0 Å². The Kier molecular flexibility index (Phi) is 4.65. The first-order chi connectivity index (χ1) is 11.6. The summed E-state index contributed by atoms with van der Waals surface area (Å²) in [7, 11) is 0. The molecule has 0 fully saturated rings. The second-order valence-corrected chi connectivity index (χ2v) is 6.51. The van der Waals surface area contributed by atoms with Crippen LogP contribution in [0.1, 0.15) is 27.9 Å². The maximum Gasteiger partial charge on any atom is 0.271 e. The van der Waals surface area contributed by atoms with Crippen molar-refractivity contribution in [3.63, 3.8) is 0 Å². The highest BCUT2D eigenvalue weighted by molar-refractivity contribution is 7.98. The van der Waals surface area contributed by atoms with Crippen molar-refractivity contribution in [1.82, 2.24) is 4.57 Å². The van der Waals surface area contributed by atoms with Crippen LogP contribution in [-0.4, -0.2) is 23.2 Å². The van der Waals surface area contributed by atoms with Crippen LogP contribution in [0.5, 0.6) is 0 Å². The molecule has 1 aromatic heterocycles. The zero-order valence-corrected chi connectivity index (χ0v) is 14.5. The van der Waals surface area contributed by atoms with Gasteiger partial charge in [0.15, 0.2) is 5.78 Å². The molecule has 1 aliphatic heterocycles. The Bertz CT molecular complexity index is 931. The molecule has 2 aromatic rings. The van der Waals surface area contributed by atoms with Gasteiger partial charge in [-0.05, 0) is 24.8 Å². The van der Waals surface area contributed by atoms with E-state index in [0.717, 1.165) is 6.42 Å². The van der Waals surface area contributed by atoms with Crippen molar-refractivity contribution in [3.05, 3.63) is 56.3 Å². The number of thioether (sulfide) groups is 1. The Morgan fingerprint density at radius 1 is 1.42 bits per heavy atom. The third-order valence-electron chi connectivity index (χ3n) is 3.93. The fourth-order valence-corrected chi connectivity index (χ4v) is 3.79. The summed E-state index contributed by atoms with van der Waals surface area (Å²) in [5.41, 5.74) is 0.337. The first kappa shape index (κ1) is 16.6. The number of pyridine rings is 1. The van der Waals surface area contributed by atoms with Crippen LogP contribution in [0.25, 0.3) is 0 Å². The molecule has 24 heavy (non-hydrogen) atoms. The number of halogens is 1. The molecule has 0 unspecified atom stereocenters. The van der Waals surface area contributed by atoms with Gasteiger partial charge in [-0.2, -0.15) is 5.26 Å². The average Bonchev–Trinajstić information content (AvgIpc) is 2.61. The van der Waals surface area contributed by atoms with Crippen LogP contribution in [0, 0.1) is 11.3 Å². The molecule has 1 aliphatic rings. The van der Waals surface area contributed by atoms with E-state index in [0.29, 0.717) is 40.0 Å². The zero-order valence-electron chi connectivity index (χ0n) is 12.9.